The van der Waals surface area contributed by atoms with E-state index in [4.69, 9.17) is 0 Å². The molecule has 0 rings (SSSR count). The Hall–Kier alpha value is 0.423. The molecule has 0 bridgehead atoms. The van der Waals surface area contributed by atoms with E-state index in [9.17, 15) is 4.79 Å². The number of carbonyl (C=O) groups excluding carboxylic acids is 1. The summed E-state index contributed by atoms with van der Waals surface area (Å²) in [6, 6.07) is 0. The predicted molar refractivity (Wildman–Crippen MR) is 76.8 cm³/mol. The molecule has 2 heteroatoms. The van der Waals surface area contributed by atoms with Crippen molar-refractivity contribution < 1.29 is 31.0 Å². The van der Waals surface area contributed by atoms with Crippen molar-refractivity contribution in [3.8, 4) is 0 Å². The van der Waals surface area contributed by atoms with Crippen LogP contribution >= 0.6 is 0 Å². The first kappa shape index (κ1) is 30.4. The number of carbonyl (C=O) groups is 1. The Morgan fingerprint density at radius 3 is 0.882 bits per heavy atom. The molecule has 0 fully saturated rings. The van der Waals surface area contributed by atoms with Gasteiger partial charge in [0.2, 0.25) is 0 Å². The Balaban J connectivity index is -0.0000000369. The molecule has 0 aromatic rings. The molecule has 0 aliphatic rings. The molecule has 0 aromatic carbocycles. The largest absolute Gasteiger partial charge is 4.00 e. The topological polar surface area (TPSA) is 17.1 Å². The first-order valence-corrected chi connectivity index (χ1v) is 6.18. The van der Waals surface area contributed by atoms with E-state index in [0.29, 0.717) is 0 Å². The van der Waals surface area contributed by atoms with Crippen LogP contribution in [0, 0.1) is 27.7 Å². The Bertz CT molecular complexity index is 73.4. The van der Waals surface area contributed by atoms with Crippen molar-refractivity contribution in [2.24, 2.45) is 0 Å². The van der Waals surface area contributed by atoms with Crippen LogP contribution in [0.2, 0.25) is 0 Å². The van der Waals surface area contributed by atoms with Gasteiger partial charge >= 0.3 is 26.2 Å². The van der Waals surface area contributed by atoms with Crippen molar-refractivity contribution in [2.75, 3.05) is 0 Å². The van der Waals surface area contributed by atoms with Crippen molar-refractivity contribution >= 4 is 5.78 Å². The minimum atomic E-state index is -0.0833. The van der Waals surface area contributed by atoms with Gasteiger partial charge in [-0.15, -0.1) is 0 Å². The van der Waals surface area contributed by atoms with Gasteiger partial charge < -0.3 is 32.5 Å². The zero-order valence-electron chi connectivity index (χ0n) is 12.5. The summed E-state index contributed by atoms with van der Waals surface area (Å²) in [6.07, 6.45) is 6.83. The van der Waals surface area contributed by atoms with E-state index in [0.717, 1.165) is 19.3 Å². The van der Waals surface area contributed by atoms with Crippen molar-refractivity contribution in [1.29, 1.82) is 0 Å². The van der Waals surface area contributed by atoms with Gasteiger partial charge in [0.25, 0.3) is 0 Å². The van der Waals surface area contributed by atoms with Crippen LogP contribution in [0.15, 0.2) is 0 Å². The van der Waals surface area contributed by atoms with Crippen molar-refractivity contribution in [2.45, 2.75) is 66.2 Å². The van der Waals surface area contributed by atoms with Crippen LogP contribution in [-0.4, -0.2) is 5.78 Å². The van der Waals surface area contributed by atoms with Gasteiger partial charge in [0.1, 0.15) is 0 Å². The SMILES string of the molecule is [CH2-]C(C)=O.[CH2-]CCC.[CH2-]CCC.[CH2-]CCC.[Zr+4]. The minimum Gasteiger partial charge on any atom is -0.343 e. The van der Waals surface area contributed by atoms with E-state index in [1.807, 2.05) is 0 Å². The maximum absolute atomic E-state index is 9.33. The number of hydrogen-bond acceptors (Lipinski definition) is 1. The molecule has 0 saturated carbocycles. The summed E-state index contributed by atoms with van der Waals surface area (Å²) < 4.78 is 0. The second kappa shape index (κ2) is 44.0. The van der Waals surface area contributed by atoms with Crippen molar-refractivity contribution in [1.82, 2.24) is 0 Å². The summed E-state index contributed by atoms with van der Waals surface area (Å²) in [6.45, 7) is 21.6. The first-order chi connectivity index (χ1) is 7.47. The molecule has 102 valence electrons. The van der Waals surface area contributed by atoms with Crippen LogP contribution in [0.3, 0.4) is 0 Å². The monoisotopic (exact) mass is 318 g/mol. The third kappa shape index (κ3) is 292. The molecule has 0 aliphatic carbocycles. The average molecular weight is 320 g/mol. The molecule has 0 heterocycles. The number of Topliss-reactive ketones (excluding diaryl/α,β-unsaturated/α-hetero) is 1. The normalized spacial score (nSPS) is 6.76. The maximum atomic E-state index is 9.33. The smallest absolute Gasteiger partial charge is 0.343 e. The third-order valence-electron chi connectivity index (χ3n) is 1.06. The molecule has 0 N–H and O–H groups in total. The summed E-state index contributed by atoms with van der Waals surface area (Å²) in [7, 11) is 0. The second-order valence-corrected chi connectivity index (χ2v) is 3.26. The predicted octanol–water partition coefficient (Wildman–Crippen LogP) is 5.27. The summed E-state index contributed by atoms with van der Waals surface area (Å²) in [5, 5.41) is 0. The fourth-order valence-corrected chi connectivity index (χ4v) is 0. The molecule has 0 amide bonds. The molecule has 0 saturated heterocycles. The molecule has 17 heavy (non-hydrogen) atoms. The van der Waals surface area contributed by atoms with E-state index >= 15 is 0 Å². The summed E-state index contributed by atoms with van der Waals surface area (Å²) in [5.74, 6) is -0.0833. The molecule has 0 atom stereocenters. The molecule has 0 spiro atoms. The molecule has 0 radical (unpaired) electrons. The molecule has 0 unspecified atom stereocenters. The minimum absolute atomic E-state index is 0. The maximum Gasteiger partial charge on any atom is 4.00 e. The molecular formula is C15H32OZr. The van der Waals surface area contributed by atoms with Gasteiger partial charge in [-0.1, -0.05) is 40.0 Å². The second-order valence-electron chi connectivity index (χ2n) is 3.26. The van der Waals surface area contributed by atoms with Crippen LogP contribution in [0.25, 0.3) is 0 Å². The van der Waals surface area contributed by atoms with Crippen LogP contribution in [-0.2, 0) is 31.0 Å². The van der Waals surface area contributed by atoms with Gasteiger partial charge in [0, 0.05) is 0 Å². The summed E-state index contributed by atoms with van der Waals surface area (Å²) in [5.41, 5.74) is 0. The van der Waals surface area contributed by atoms with E-state index < -0.39 is 0 Å². The van der Waals surface area contributed by atoms with Gasteiger partial charge in [-0.2, -0.15) is 19.3 Å². The average Bonchev–Trinajstić information content (AvgIpc) is 2.28. The van der Waals surface area contributed by atoms with Gasteiger partial charge in [-0.05, 0) is 12.7 Å². The number of rotatable bonds is 3. The molecular weight excluding hydrogens is 287 g/mol. The number of hydrogen-bond donors (Lipinski definition) is 0. The molecule has 1 nitrogen and oxygen atoms in total. The zero-order valence-corrected chi connectivity index (χ0v) is 14.9. The van der Waals surface area contributed by atoms with Crippen LogP contribution in [0.5, 0.6) is 0 Å². The van der Waals surface area contributed by atoms with E-state index in [2.05, 4.69) is 48.5 Å². The Morgan fingerprint density at radius 1 is 0.824 bits per heavy atom. The quantitative estimate of drug-likeness (QED) is 0.648. The van der Waals surface area contributed by atoms with Crippen LogP contribution in [0.4, 0.5) is 0 Å². The van der Waals surface area contributed by atoms with Crippen LogP contribution in [0.1, 0.15) is 66.2 Å². The van der Waals surface area contributed by atoms with Crippen molar-refractivity contribution in [3.63, 3.8) is 0 Å². The van der Waals surface area contributed by atoms with Gasteiger partial charge in [0.15, 0.2) is 0 Å². The molecule has 0 aliphatic heterocycles. The molecule has 0 aromatic heterocycles. The van der Waals surface area contributed by atoms with Crippen LogP contribution < -0.4 is 0 Å². The van der Waals surface area contributed by atoms with E-state index in [-0.39, 0.29) is 32.0 Å². The van der Waals surface area contributed by atoms with Crippen molar-refractivity contribution in [3.05, 3.63) is 27.7 Å². The first-order valence-electron chi connectivity index (χ1n) is 6.18. The Morgan fingerprint density at radius 2 is 0.882 bits per heavy atom. The number of ketones is 1. The van der Waals surface area contributed by atoms with Gasteiger partial charge in [-0.3, -0.25) is 0 Å². The fourth-order valence-electron chi connectivity index (χ4n) is 0. The Kier molecular flexibility index (Phi) is 78.8. The third-order valence-corrected chi connectivity index (χ3v) is 1.06. The fraction of sp³-hybridized carbons (Fsp3) is 0.667. The van der Waals surface area contributed by atoms with E-state index in [1.54, 1.807) is 0 Å². The zero-order chi connectivity index (χ0) is 13.8. The summed E-state index contributed by atoms with van der Waals surface area (Å²) in [4.78, 5) is 9.33. The van der Waals surface area contributed by atoms with E-state index in [1.165, 1.54) is 26.2 Å². The summed E-state index contributed by atoms with van der Waals surface area (Å²) >= 11 is 0. The van der Waals surface area contributed by atoms with Gasteiger partial charge in [0.05, 0.1) is 0 Å². The standard InChI is InChI=1S/3C4H9.C3H5O.Zr/c3*1-3-4-2;1-3(2)4;/h3*1,3-4H2,2H3;1H2,2H3;/q4*-1;+4. The number of unbranched alkanes of at least 4 members (excludes halogenated alkanes) is 3. The Labute approximate surface area is 130 Å². The van der Waals surface area contributed by atoms with Gasteiger partial charge in [-0.25, -0.2) is 0 Å².